The van der Waals surface area contributed by atoms with Crippen molar-refractivity contribution < 1.29 is 23.1 Å². The van der Waals surface area contributed by atoms with Gasteiger partial charge in [-0.05, 0) is 25.1 Å². The number of fused-ring (bicyclic) bond motifs is 1. The zero-order valence-electron chi connectivity index (χ0n) is 13.2. The predicted octanol–water partition coefficient (Wildman–Crippen LogP) is 3.84. The fourth-order valence-corrected chi connectivity index (χ4v) is 2.62. The first-order chi connectivity index (χ1) is 12.0. The van der Waals surface area contributed by atoms with Crippen LogP contribution in [0.3, 0.4) is 0 Å². The fraction of sp³-hybridized carbons (Fsp3) is 0.176. The van der Waals surface area contributed by atoms with E-state index in [4.69, 9.17) is 20.8 Å². The Morgan fingerprint density at radius 1 is 1.32 bits per heavy atom. The van der Waals surface area contributed by atoms with Gasteiger partial charge >= 0.3 is 5.97 Å². The smallest absolute Gasteiger partial charge is 0.355 e. The van der Waals surface area contributed by atoms with Gasteiger partial charge in [-0.15, -0.1) is 0 Å². The standard InChI is InChI=1S/C17H14ClFN2O4/c1-2-24-17(23)14-8-15-13(5-6-25-15)21(14)9-16(22)20-10-3-4-12(19)11(18)7-10/h3-8H,2,9H2,1H3,(H,20,22). The Hall–Kier alpha value is -2.80. The zero-order valence-corrected chi connectivity index (χ0v) is 14.0. The van der Waals surface area contributed by atoms with Crippen molar-refractivity contribution in [3.05, 3.63) is 53.1 Å². The van der Waals surface area contributed by atoms with Crippen LogP contribution in [0.4, 0.5) is 10.1 Å². The fourth-order valence-electron chi connectivity index (χ4n) is 2.44. The summed E-state index contributed by atoms with van der Waals surface area (Å²) in [6, 6.07) is 7.04. The van der Waals surface area contributed by atoms with Crippen molar-refractivity contribution >= 4 is 40.3 Å². The van der Waals surface area contributed by atoms with E-state index in [1.807, 2.05) is 0 Å². The maximum atomic E-state index is 13.2. The van der Waals surface area contributed by atoms with Gasteiger partial charge in [0, 0.05) is 17.8 Å². The van der Waals surface area contributed by atoms with Crippen LogP contribution in [0, 0.1) is 5.82 Å². The summed E-state index contributed by atoms with van der Waals surface area (Å²) in [7, 11) is 0. The number of carbonyl (C=O) groups is 2. The Bertz CT molecular complexity index is 947. The van der Waals surface area contributed by atoms with Gasteiger partial charge in [0.15, 0.2) is 5.58 Å². The summed E-state index contributed by atoms with van der Waals surface area (Å²) in [5.74, 6) is -1.53. The summed E-state index contributed by atoms with van der Waals surface area (Å²) in [5.41, 5.74) is 1.63. The molecular formula is C17H14ClFN2O4. The lowest BCUT2D eigenvalue weighted by Crippen LogP contribution is -2.22. The highest BCUT2D eigenvalue weighted by molar-refractivity contribution is 6.31. The third-order valence-electron chi connectivity index (χ3n) is 3.51. The van der Waals surface area contributed by atoms with Crippen molar-refractivity contribution in [2.75, 3.05) is 11.9 Å². The van der Waals surface area contributed by atoms with E-state index in [1.165, 1.54) is 29.0 Å². The number of rotatable bonds is 5. The molecule has 0 atom stereocenters. The number of anilines is 1. The molecule has 1 amide bonds. The van der Waals surface area contributed by atoms with E-state index < -0.39 is 17.7 Å². The van der Waals surface area contributed by atoms with Crippen LogP contribution in [0.25, 0.3) is 11.1 Å². The molecule has 0 aliphatic heterocycles. The number of carbonyl (C=O) groups excluding carboxylic acids is 2. The Morgan fingerprint density at radius 3 is 2.84 bits per heavy atom. The zero-order chi connectivity index (χ0) is 18.0. The van der Waals surface area contributed by atoms with Gasteiger partial charge < -0.3 is 19.0 Å². The minimum absolute atomic E-state index is 0.0943. The van der Waals surface area contributed by atoms with Crippen LogP contribution in [0.15, 0.2) is 41.0 Å². The molecule has 8 heteroatoms. The molecule has 0 saturated heterocycles. The minimum Gasteiger partial charge on any atom is -0.463 e. The Morgan fingerprint density at radius 2 is 2.12 bits per heavy atom. The highest BCUT2D eigenvalue weighted by Crippen LogP contribution is 2.23. The molecule has 0 fully saturated rings. The predicted molar refractivity (Wildman–Crippen MR) is 90.2 cm³/mol. The number of hydrogen-bond acceptors (Lipinski definition) is 4. The number of ether oxygens (including phenoxy) is 1. The lowest BCUT2D eigenvalue weighted by atomic mass is 10.3. The summed E-state index contributed by atoms with van der Waals surface area (Å²) in [6.07, 6.45) is 1.47. The SMILES string of the molecule is CCOC(=O)c1cc2occc2n1CC(=O)Nc1ccc(F)c(Cl)c1. The maximum Gasteiger partial charge on any atom is 0.355 e. The molecule has 0 bridgehead atoms. The Labute approximate surface area is 147 Å². The molecule has 1 N–H and O–H groups in total. The second-order valence-electron chi connectivity index (χ2n) is 5.18. The van der Waals surface area contributed by atoms with Crippen molar-refractivity contribution in [2.45, 2.75) is 13.5 Å². The van der Waals surface area contributed by atoms with Gasteiger partial charge in [-0.3, -0.25) is 4.79 Å². The molecule has 1 aromatic carbocycles. The summed E-state index contributed by atoms with van der Waals surface area (Å²) < 4.78 is 25.0. The number of benzene rings is 1. The molecule has 0 radical (unpaired) electrons. The summed E-state index contributed by atoms with van der Waals surface area (Å²) in [4.78, 5) is 24.4. The van der Waals surface area contributed by atoms with E-state index in [2.05, 4.69) is 5.32 Å². The van der Waals surface area contributed by atoms with Crippen LogP contribution in [0.5, 0.6) is 0 Å². The van der Waals surface area contributed by atoms with E-state index in [0.717, 1.165) is 6.07 Å². The number of halogens is 2. The normalized spacial score (nSPS) is 10.8. The van der Waals surface area contributed by atoms with Crippen molar-refractivity contribution in [1.82, 2.24) is 4.57 Å². The molecule has 2 heterocycles. The Balaban J connectivity index is 1.84. The molecular weight excluding hydrogens is 351 g/mol. The number of nitrogens with one attached hydrogen (secondary N) is 1. The van der Waals surface area contributed by atoms with Gasteiger partial charge in [0.25, 0.3) is 0 Å². The summed E-state index contributed by atoms with van der Waals surface area (Å²) in [5, 5.41) is 2.52. The number of esters is 1. The first-order valence-electron chi connectivity index (χ1n) is 7.48. The van der Waals surface area contributed by atoms with E-state index in [0.29, 0.717) is 16.8 Å². The van der Waals surface area contributed by atoms with Gasteiger partial charge in [0.1, 0.15) is 18.1 Å². The van der Waals surface area contributed by atoms with Crippen LogP contribution in [0.2, 0.25) is 5.02 Å². The average Bonchev–Trinajstić information content (AvgIpc) is 3.14. The highest BCUT2D eigenvalue weighted by atomic mass is 35.5. The third kappa shape index (κ3) is 3.51. The van der Waals surface area contributed by atoms with Crippen LogP contribution >= 0.6 is 11.6 Å². The van der Waals surface area contributed by atoms with Gasteiger partial charge in [0.2, 0.25) is 5.91 Å². The number of furan rings is 1. The Kier molecular flexibility index (Phi) is 4.76. The molecule has 130 valence electrons. The van der Waals surface area contributed by atoms with Gasteiger partial charge in [-0.1, -0.05) is 11.6 Å². The van der Waals surface area contributed by atoms with Crippen molar-refractivity contribution in [3.8, 4) is 0 Å². The maximum absolute atomic E-state index is 13.2. The molecule has 3 rings (SSSR count). The molecule has 2 aromatic heterocycles. The van der Waals surface area contributed by atoms with Crippen LogP contribution in [-0.2, 0) is 16.1 Å². The monoisotopic (exact) mass is 364 g/mol. The topological polar surface area (TPSA) is 73.5 Å². The molecule has 3 aromatic rings. The summed E-state index contributed by atoms with van der Waals surface area (Å²) in [6.45, 7) is 1.76. The van der Waals surface area contributed by atoms with E-state index in [-0.39, 0.29) is 23.9 Å². The number of aromatic nitrogens is 1. The quantitative estimate of drug-likeness (QED) is 0.698. The number of nitrogens with zero attached hydrogens (tertiary/aromatic N) is 1. The molecule has 0 spiro atoms. The first-order valence-corrected chi connectivity index (χ1v) is 7.86. The van der Waals surface area contributed by atoms with Crippen molar-refractivity contribution in [3.63, 3.8) is 0 Å². The first kappa shape index (κ1) is 17.0. The number of hydrogen-bond donors (Lipinski definition) is 1. The van der Waals surface area contributed by atoms with Crippen LogP contribution < -0.4 is 5.32 Å². The molecule has 0 aliphatic rings. The molecule has 6 nitrogen and oxygen atoms in total. The second kappa shape index (κ2) is 6.98. The molecule has 0 aliphatic carbocycles. The minimum atomic E-state index is -0.574. The van der Waals surface area contributed by atoms with E-state index in [1.54, 1.807) is 13.0 Å². The number of amides is 1. The van der Waals surface area contributed by atoms with Gasteiger partial charge in [-0.25, -0.2) is 9.18 Å². The molecule has 0 saturated carbocycles. The highest BCUT2D eigenvalue weighted by Gasteiger charge is 2.20. The van der Waals surface area contributed by atoms with Gasteiger partial charge in [-0.2, -0.15) is 0 Å². The van der Waals surface area contributed by atoms with E-state index in [9.17, 15) is 14.0 Å². The lowest BCUT2D eigenvalue weighted by molar-refractivity contribution is -0.116. The third-order valence-corrected chi connectivity index (χ3v) is 3.80. The van der Waals surface area contributed by atoms with Crippen molar-refractivity contribution in [2.24, 2.45) is 0 Å². The average molecular weight is 365 g/mol. The lowest BCUT2D eigenvalue weighted by Gasteiger charge is -2.10. The largest absolute Gasteiger partial charge is 0.463 e. The second-order valence-corrected chi connectivity index (χ2v) is 5.59. The van der Waals surface area contributed by atoms with Crippen molar-refractivity contribution in [1.29, 1.82) is 0 Å². The van der Waals surface area contributed by atoms with Crippen LogP contribution in [0.1, 0.15) is 17.4 Å². The summed E-state index contributed by atoms with van der Waals surface area (Å²) >= 11 is 5.70. The van der Waals surface area contributed by atoms with E-state index >= 15 is 0 Å². The van der Waals surface area contributed by atoms with Crippen LogP contribution in [-0.4, -0.2) is 23.1 Å². The molecule has 0 unspecified atom stereocenters. The molecule has 25 heavy (non-hydrogen) atoms. The van der Waals surface area contributed by atoms with Gasteiger partial charge in [0.05, 0.1) is 23.4 Å².